The molecule has 1 N–H and O–H groups in total. The minimum Gasteiger partial charge on any atom is -0.352 e. The fourth-order valence-electron chi connectivity index (χ4n) is 5.27. The maximum absolute atomic E-state index is 14.2. The Labute approximate surface area is 252 Å². The van der Waals surface area contributed by atoms with Crippen LogP contribution in [0.25, 0.3) is 0 Å². The quantitative estimate of drug-likeness (QED) is 0.276. The average molecular weight is 641 g/mol. The molecule has 1 aliphatic rings. The molecule has 0 aromatic heterocycles. The summed E-state index contributed by atoms with van der Waals surface area (Å²) in [7, 11) is -4.09. The molecule has 2 amide bonds. The summed E-state index contributed by atoms with van der Waals surface area (Å²) in [5.41, 5.74) is 2.09. The van der Waals surface area contributed by atoms with E-state index in [0.29, 0.717) is 12.1 Å². The molecule has 1 aliphatic carbocycles. The molecule has 0 spiro atoms. The van der Waals surface area contributed by atoms with Gasteiger partial charge in [-0.2, -0.15) is 0 Å². The first kappa shape index (κ1) is 30.8. The van der Waals surface area contributed by atoms with Gasteiger partial charge in [0.15, 0.2) is 0 Å². The number of rotatable bonds is 11. The molecule has 1 atom stereocenters. The predicted octanol–water partition coefficient (Wildman–Crippen LogP) is 6.07. The van der Waals surface area contributed by atoms with Crippen molar-refractivity contribution in [3.05, 3.63) is 94.5 Å². The number of benzene rings is 3. The van der Waals surface area contributed by atoms with Gasteiger partial charge in [-0.05, 0) is 67.6 Å². The predicted molar refractivity (Wildman–Crippen MR) is 166 cm³/mol. The number of nitrogens with zero attached hydrogens (tertiary/aromatic N) is 2. The van der Waals surface area contributed by atoms with Gasteiger partial charge in [-0.3, -0.25) is 13.9 Å². The van der Waals surface area contributed by atoms with Crippen LogP contribution in [0.4, 0.5) is 5.69 Å². The van der Waals surface area contributed by atoms with Crippen molar-refractivity contribution in [1.29, 1.82) is 0 Å². The molecule has 218 valence electrons. The van der Waals surface area contributed by atoms with E-state index < -0.39 is 28.5 Å². The highest BCUT2D eigenvalue weighted by Gasteiger charge is 2.33. The van der Waals surface area contributed by atoms with Crippen molar-refractivity contribution in [2.75, 3.05) is 10.8 Å². The van der Waals surface area contributed by atoms with Crippen molar-refractivity contribution in [3.8, 4) is 0 Å². The molecular weight excluding hydrogens is 602 g/mol. The molecule has 41 heavy (non-hydrogen) atoms. The number of anilines is 1. The highest BCUT2D eigenvalue weighted by molar-refractivity contribution is 9.10. The van der Waals surface area contributed by atoms with E-state index >= 15 is 0 Å². The summed E-state index contributed by atoms with van der Waals surface area (Å²) in [6.45, 7) is 3.38. The third-order valence-corrected chi connectivity index (χ3v) is 9.88. The van der Waals surface area contributed by atoms with Gasteiger partial charge in [-0.15, -0.1) is 0 Å². The van der Waals surface area contributed by atoms with Gasteiger partial charge < -0.3 is 10.2 Å². The van der Waals surface area contributed by atoms with Gasteiger partial charge in [0.2, 0.25) is 11.8 Å². The van der Waals surface area contributed by atoms with Gasteiger partial charge in [0.05, 0.1) is 10.6 Å². The van der Waals surface area contributed by atoms with Crippen LogP contribution in [0.1, 0.15) is 57.1 Å². The molecule has 1 fully saturated rings. The van der Waals surface area contributed by atoms with E-state index in [2.05, 4.69) is 21.2 Å². The Bertz CT molecular complexity index is 1440. The Morgan fingerprint density at radius 1 is 0.951 bits per heavy atom. The zero-order valence-electron chi connectivity index (χ0n) is 23.6. The maximum Gasteiger partial charge on any atom is 0.264 e. The first-order chi connectivity index (χ1) is 19.7. The lowest BCUT2D eigenvalue weighted by molar-refractivity contribution is -0.139. The van der Waals surface area contributed by atoms with E-state index in [4.69, 9.17) is 0 Å². The molecule has 0 heterocycles. The van der Waals surface area contributed by atoms with Crippen LogP contribution in [0.5, 0.6) is 0 Å². The summed E-state index contributed by atoms with van der Waals surface area (Å²) < 4.78 is 30.0. The van der Waals surface area contributed by atoms with Gasteiger partial charge in [-0.1, -0.05) is 90.6 Å². The van der Waals surface area contributed by atoms with Crippen LogP contribution in [0, 0.1) is 0 Å². The van der Waals surface area contributed by atoms with Crippen LogP contribution >= 0.6 is 15.9 Å². The molecule has 3 aromatic rings. The summed E-state index contributed by atoms with van der Waals surface area (Å²) in [6, 6.07) is 22.2. The number of aryl methyl sites for hydroxylation is 1. The van der Waals surface area contributed by atoms with Crippen molar-refractivity contribution >= 4 is 43.5 Å². The summed E-state index contributed by atoms with van der Waals surface area (Å²) >= 11 is 3.49. The van der Waals surface area contributed by atoms with Crippen molar-refractivity contribution < 1.29 is 18.0 Å². The molecule has 0 aliphatic heterocycles. The summed E-state index contributed by atoms with van der Waals surface area (Å²) in [6.07, 6.45) is 5.75. The highest BCUT2D eigenvalue weighted by atomic mass is 79.9. The summed E-state index contributed by atoms with van der Waals surface area (Å²) in [5.74, 6) is -0.687. The molecule has 4 rings (SSSR count). The molecule has 7 nitrogen and oxygen atoms in total. The monoisotopic (exact) mass is 639 g/mol. The number of halogens is 1. The summed E-state index contributed by atoms with van der Waals surface area (Å²) in [5, 5.41) is 3.14. The first-order valence-electron chi connectivity index (χ1n) is 14.2. The SMILES string of the molecule is CCc1ccccc1N(CC(=O)N(Cc1cccc(Br)c1)[C@@H](C)C(=O)NC1CCCCC1)S(=O)(=O)c1ccccc1. The first-order valence-corrected chi connectivity index (χ1v) is 16.4. The lowest BCUT2D eigenvalue weighted by Gasteiger charge is -2.33. The molecule has 3 aromatic carbocycles. The minimum atomic E-state index is -4.09. The van der Waals surface area contributed by atoms with Crippen LogP contribution in [0.2, 0.25) is 0 Å². The number of hydrogen-bond donors (Lipinski definition) is 1. The topological polar surface area (TPSA) is 86.8 Å². The van der Waals surface area contributed by atoms with Gasteiger partial charge in [-0.25, -0.2) is 8.42 Å². The van der Waals surface area contributed by atoms with Crippen LogP contribution in [0.15, 0.2) is 88.2 Å². The van der Waals surface area contributed by atoms with Crippen molar-refractivity contribution in [2.24, 2.45) is 0 Å². The van der Waals surface area contributed by atoms with Crippen LogP contribution in [-0.4, -0.2) is 43.8 Å². The smallest absolute Gasteiger partial charge is 0.264 e. The van der Waals surface area contributed by atoms with Crippen molar-refractivity contribution in [3.63, 3.8) is 0 Å². The molecule has 0 unspecified atom stereocenters. The number of para-hydroxylation sites is 1. The molecular formula is C32H38BrN3O4S. The standard InChI is InChI=1S/C32H38BrN3O4S/c1-3-26-14-10-11-20-30(26)36(41(39,40)29-18-8-5-9-19-29)23-31(37)35(22-25-13-12-15-27(33)21-25)24(2)32(38)34-28-16-6-4-7-17-28/h5,8-15,18-21,24,28H,3-4,6-7,16-17,22-23H2,1-2H3,(H,34,38)/t24-/m0/s1. The van der Waals surface area contributed by atoms with Gasteiger partial charge >= 0.3 is 0 Å². The molecule has 0 saturated heterocycles. The maximum atomic E-state index is 14.2. The number of nitrogens with one attached hydrogen (secondary N) is 1. The molecule has 0 radical (unpaired) electrons. The Kier molecular flexibility index (Phi) is 10.6. The van der Waals surface area contributed by atoms with Crippen LogP contribution < -0.4 is 9.62 Å². The number of hydrogen-bond acceptors (Lipinski definition) is 4. The zero-order valence-corrected chi connectivity index (χ0v) is 26.0. The van der Waals surface area contributed by atoms with Crippen molar-refractivity contribution in [1.82, 2.24) is 10.2 Å². The van der Waals surface area contributed by atoms with Crippen molar-refractivity contribution in [2.45, 2.75) is 75.9 Å². The van der Waals surface area contributed by atoms with E-state index in [-0.39, 0.29) is 23.4 Å². The Balaban J connectivity index is 1.69. The average Bonchev–Trinajstić information content (AvgIpc) is 2.99. The fourth-order valence-corrected chi connectivity index (χ4v) is 7.19. The highest BCUT2D eigenvalue weighted by Crippen LogP contribution is 2.28. The number of sulfonamides is 1. The van der Waals surface area contributed by atoms with E-state index in [0.717, 1.165) is 41.3 Å². The largest absolute Gasteiger partial charge is 0.352 e. The van der Waals surface area contributed by atoms with Crippen LogP contribution in [-0.2, 0) is 32.6 Å². The second-order valence-corrected chi connectivity index (χ2v) is 13.3. The normalized spacial score (nSPS) is 14.7. The van der Waals surface area contributed by atoms with E-state index in [1.165, 1.54) is 27.8 Å². The lowest BCUT2D eigenvalue weighted by Crippen LogP contribution is -2.53. The lowest BCUT2D eigenvalue weighted by atomic mass is 9.95. The van der Waals surface area contributed by atoms with Gasteiger partial charge in [0.1, 0.15) is 12.6 Å². The number of amides is 2. The second kappa shape index (κ2) is 14.1. The Morgan fingerprint density at radius 3 is 2.32 bits per heavy atom. The minimum absolute atomic E-state index is 0.0907. The van der Waals surface area contributed by atoms with Crippen LogP contribution in [0.3, 0.4) is 0 Å². The zero-order chi connectivity index (χ0) is 29.4. The summed E-state index contributed by atoms with van der Waals surface area (Å²) in [4.78, 5) is 29.2. The molecule has 0 bridgehead atoms. The fraction of sp³-hybridized carbons (Fsp3) is 0.375. The van der Waals surface area contributed by atoms with Gasteiger partial charge in [0.25, 0.3) is 10.0 Å². The third kappa shape index (κ3) is 7.77. The number of carbonyl (C=O) groups is 2. The van der Waals surface area contributed by atoms with Gasteiger partial charge in [0, 0.05) is 17.1 Å². The number of carbonyl (C=O) groups excluding carboxylic acids is 2. The third-order valence-electron chi connectivity index (χ3n) is 7.61. The Hall–Kier alpha value is -3.17. The Morgan fingerprint density at radius 2 is 1.63 bits per heavy atom. The second-order valence-electron chi connectivity index (χ2n) is 10.5. The molecule has 1 saturated carbocycles. The van der Waals surface area contributed by atoms with E-state index in [9.17, 15) is 18.0 Å². The van der Waals surface area contributed by atoms with E-state index in [1.54, 1.807) is 37.3 Å². The molecule has 9 heteroatoms. The van der Waals surface area contributed by atoms with E-state index in [1.807, 2.05) is 43.3 Å².